The van der Waals surface area contributed by atoms with Gasteiger partial charge in [0.2, 0.25) is 0 Å². The second-order valence-corrected chi connectivity index (χ2v) is 3.61. The first-order chi connectivity index (χ1) is 7.63. The highest BCUT2D eigenvalue weighted by Gasteiger charge is 2.16. The number of hydrogen-bond acceptors (Lipinski definition) is 3. The van der Waals surface area contributed by atoms with Gasteiger partial charge < -0.3 is 5.11 Å². The van der Waals surface area contributed by atoms with Gasteiger partial charge in [-0.25, -0.2) is 5.01 Å². The Hall–Kier alpha value is -1.91. The maximum absolute atomic E-state index is 10.5. The van der Waals surface area contributed by atoms with Crippen LogP contribution in [0.5, 0.6) is 0 Å². The predicted molar refractivity (Wildman–Crippen MR) is 59.7 cm³/mol. The molecule has 0 aliphatic rings. The molecule has 5 nitrogen and oxygen atoms in total. The zero-order chi connectivity index (χ0) is 12.0. The van der Waals surface area contributed by atoms with Gasteiger partial charge in [-0.15, -0.1) is 4.91 Å². The number of aliphatic carboxylic acids is 1. The van der Waals surface area contributed by atoms with Crippen molar-refractivity contribution in [3.63, 3.8) is 0 Å². The van der Waals surface area contributed by atoms with Crippen LogP contribution in [0.25, 0.3) is 0 Å². The Morgan fingerprint density at radius 1 is 1.44 bits per heavy atom. The molecule has 0 saturated carbocycles. The molecule has 0 radical (unpaired) electrons. The average molecular weight is 222 g/mol. The van der Waals surface area contributed by atoms with Crippen LogP contribution in [0.1, 0.15) is 12.5 Å². The lowest BCUT2D eigenvalue weighted by Crippen LogP contribution is -2.34. The smallest absolute Gasteiger partial charge is 0.325 e. The van der Waals surface area contributed by atoms with E-state index in [1.54, 1.807) is 6.92 Å². The van der Waals surface area contributed by atoms with E-state index in [-0.39, 0.29) is 12.6 Å². The van der Waals surface area contributed by atoms with Crippen LogP contribution >= 0.6 is 0 Å². The summed E-state index contributed by atoms with van der Waals surface area (Å²) in [5.74, 6) is -1.06. The van der Waals surface area contributed by atoms with Gasteiger partial charge in [-0.2, -0.15) is 0 Å². The summed E-state index contributed by atoms with van der Waals surface area (Å²) in [6.45, 7) is 1.41. The third-order valence-corrected chi connectivity index (χ3v) is 2.28. The Bertz CT molecular complexity index is 354. The Balaban J connectivity index is 2.59. The molecule has 86 valence electrons. The molecule has 0 spiro atoms. The molecule has 5 heteroatoms. The normalized spacial score (nSPS) is 11.8. The van der Waals surface area contributed by atoms with E-state index in [1.165, 1.54) is 0 Å². The van der Waals surface area contributed by atoms with Crippen LogP contribution in [0, 0.1) is 4.91 Å². The molecule has 0 unspecified atom stereocenters. The zero-order valence-electron chi connectivity index (χ0n) is 9.04. The maximum Gasteiger partial charge on any atom is 0.325 e. The van der Waals surface area contributed by atoms with Crippen LogP contribution in [0.3, 0.4) is 0 Å². The van der Waals surface area contributed by atoms with E-state index >= 15 is 0 Å². The van der Waals surface area contributed by atoms with Gasteiger partial charge in [0.15, 0.2) is 0 Å². The highest BCUT2D eigenvalue weighted by Crippen LogP contribution is 2.08. The number of carboxylic acid groups (broad SMARTS) is 1. The number of hydrogen-bond donors (Lipinski definition) is 1. The lowest BCUT2D eigenvalue weighted by molar-refractivity contribution is -0.138. The van der Waals surface area contributed by atoms with Gasteiger partial charge in [0.25, 0.3) is 0 Å². The maximum atomic E-state index is 10.5. The standard InChI is InChI=1S/C11H14N2O3/c1-9(13(12-16)8-11(14)15)7-10-5-3-2-4-6-10/h2-6,9H,7-8H2,1H3,(H,14,15)/t9-/m0/s1. The summed E-state index contributed by atoms with van der Waals surface area (Å²) in [5, 5.41) is 12.4. The van der Waals surface area contributed by atoms with E-state index in [1.807, 2.05) is 30.3 Å². The Morgan fingerprint density at radius 3 is 2.56 bits per heavy atom. The van der Waals surface area contributed by atoms with Crippen LogP contribution in [-0.2, 0) is 11.2 Å². The number of rotatable bonds is 6. The quantitative estimate of drug-likeness (QED) is 0.587. The number of benzene rings is 1. The van der Waals surface area contributed by atoms with Crippen LogP contribution in [0.15, 0.2) is 35.6 Å². The van der Waals surface area contributed by atoms with Crippen LogP contribution in [0.2, 0.25) is 0 Å². The van der Waals surface area contributed by atoms with Crippen molar-refractivity contribution in [3.05, 3.63) is 40.8 Å². The van der Waals surface area contributed by atoms with Gasteiger partial charge in [-0.1, -0.05) is 30.3 Å². The zero-order valence-corrected chi connectivity index (χ0v) is 9.04. The molecule has 16 heavy (non-hydrogen) atoms. The van der Waals surface area contributed by atoms with Crippen molar-refractivity contribution < 1.29 is 9.90 Å². The summed E-state index contributed by atoms with van der Waals surface area (Å²) in [6, 6.07) is 9.34. The predicted octanol–water partition coefficient (Wildman–Crippen LogP) is 1.69. The molecule has 0 aromatic heterocycles. The first-order valence-corrected chi connectivity index (χ1v) is 4.99. The largest absolute Gasteiger partial charge is 0.480 e. The Morgan fingerprint density at radius 2 is 2.06 bits per heavy atom. The molecule has 1 atom stereocenters. The SMILES string of the molecule is C[C@@H](Cc1ccccc1)N(CC(=O)O)N=O. The minimum Gasteiger partial charge on any atom is -0.480 e. The highest BCUT2D eigenvalue weighted by molar-refractivity contribution is 5.69. The Labute approximate surface area is 93.6 Å². The van der Waals surface area contributed by atoms with Gasteiger partial charge in [-0.3, -0.25) is 4.79 Å². The summed E-state index contributed by atoms with van der Waals surface area (Å²) in [6.07, 6.45) is 0.597. The van der Waals surface area contributed by atoms with E-state index in [0.29, 0.717) is 6.42 Å². The lowest BCUT2D eigenvalue weighted by atomic mass is 10.1. The molecule has 0 bridgehead atoms. The Kier molecular flexibility index (Phi) is 4.44. The summed E-state index contributed by atoms with van der Waals surface area (Å²) in [7, 11) is 0. The van der Waals surface area contributed by atoms with E-state index in [4.69, 9.17) is 5.11 Å². The van der Waals surface area contributed by atoms with Gasteiger partial charge in [0.05, 0.1) is 11.3 Å². The summed E-state index contributed by atoms with van der Waals surface area (Å²) < 4.78 is 0. The fraction of sp³-hybridized carbons (Fsp3) is 0.364. The number of nitrogens with zero attached hydrogens (tertiary/aromatic N) is 2. The van der Waals surface area contributed by atoms with E-state index in [9.17, 15) is 9.70 Å². The molecule has 0 heterocycles. The molecule has 1 N–H and O–H groups in total. The van der Waals surface area contributed by atoms with Crippen molar-refractivity contribution in [3.8, 4) is 0 Å². The van der Waals surface area contributed by atoms with Gasteiger partial charge in [0.1, 0.15) is 6.54 Å². The summed E-state index contributed by atoms with van der Waals surface area (Å²) in [5.41, 5.74) is 1.05. The fourth-order valence-electron chi connectivity index (χ4n) is 1.46. The van der Waals surface area contributed by atoms with E-state index < -0.39 is 5.97 Å². The number of carbonyl (C=O) groups is 1. The highest BCUT2D eigenvalue weighted by atomic mass is 16.4. The van der Waals surface area contributed by atoms with Gasteiger partial charge in [0, 0.05) is 0 Å². The van der Waals surface area contributed by atoms with Crippen LogP contribution in [-0.4, -0.2) is 28.7 Å². The molecule has 1 aromatic rings. The molecule has 0 aliphatic heterocycles. The molecule has 1 rings (SSSR count). The monoisotopic (exact) mass is 222 g/mol. The van der Waals surface area contributed by atoms with E-state index in [2.05, 4.69) is 5.29 Å². The van der Waals surface area contributed by atoms with Crippen molar-refractivity contribution >= 4 is 5.97 Å². The molecule has 1 aromatic carbocycles. The van der Waals surface area contributed by atoms with Crippen LogP contribution in [0.4, 0.5) is 0 Å². The van der Waals surface area contributed by atoms with Crippen molar-refractivity contribution in [2.75, 3.05) is 6.54 Å². The van der Waals surface area contributed by atoms with Crippen LogP contribution < -0.4 is 0 Å². The average Bonchev–Trinajstić information content (AvgIpc) is 2.26. The molecule has 0 saturated heterocycles. The topological polar surface area (TPSA) is 70.0 Å². The second kappa shape index (κ2) is 5.85. The van der Waals surface area contributed by atoms with Crippen molar-refractivity contribution in [1.82, 2.24) is 5.01 Å². The third kappa shape index (κ3) is 3.68. The van der Waals surface area contributed by atoms with E-state index in [0.717, 1.165) is 10.6 Å². The number of carboxylic acids is 1. The first kappa shape index (κ1) is 12.2. The first-order valence-electron chi connectivity index (χ1n) is 4.99. The minimum absolute atomic E-state index is 0.226. The lowest BCUT2D eigenvalue weighted by Gasteiger charge is -2.20. The summed E-state index contributed by atoms with van der Waals surface area (Å²) >= 11 is 0. The molecule has 0 aliphatic carbocycles. The van der Waals surface area contributed by atoms with Crippen molar-refractivity contribution in [2.45, 2.75) is 19.4 Å². The summed E-state index contributed by atoms with van der Waals surface area (Å²) in [4.78, 5) is 21.0. The fourth-order valence-corrected chi connectivity index (χ4v) is 1.46. The molecular formula is C11H14N2O3. The number of nitroso groups, excluding NO2 is 1. The van der Waals surface area contributed by atoms with Gasteiger partial charge >= 0.3 is 5.97 Å². The third-order valence-electron chi connectivity index (χ3n) is 2.28. The molecular weight excluding hydrogens is 208 g/mol. The van der Waals surface area contributed by atoms with Crippen molar-refractivity contribution in [1.29, 1.82) is 0 Å². The minimum atomic E-state index is -1.06. The molecule has 0 fully saturated rings. The van der Waals surface area contributed by atoms with Crippen molar-refractivity contribution in [2.24, 2.45) is 5.29 Å². The molecule has 0 amide bonds. The second-order valence-electron chi connectivity index (χ2n) is 3.61. The van der Waals surface area contributed by atoms with Gasteiger partial charge in [-0.05, 0) is 18.9 Å².